The standard InChI is InChI=1S/C21H18F3N3OS/c22-21(23,24)16-8-3-6-15(14-16)7-4-12-25-20(28)26-13-5-11-19-27-17-9-1-2-10-18(17)29-19/h1-3,6,8-10,14H,5,11-13H2,(H2,25,26,28). The number of aromatic nitrogens is 1. The molecule has 4 nitrogen and oxygen atoms in total. The van der Waals surface area contributed by atoms with Crippen molar-refractivity contribution in [2.45, 2.75) is 19.0 Å². The summed E-state index contributed by atoms with van der Waals surface area (Å²) in [5, 5.41) is 6.31. The number of rotatable bonds is 5. The van der Waals surface area contributed by atoms with Crippen LogP contribution in [0.1, 0.15) is 22.6 Å². The van der Waals surface area contributed by atoms with Crippen molar-refractivity contribution in [1.29, 1.82) is 0 Å². The van der Waals surface area contributed by atoms with Gasteiger partial charge in [0.05, 0.1) is 27.3 Å². The summed E-state index contributed by atoms with van der Waals surface area (Å²) < 4.78 is 39.1. The first-order valence-electron chi connectivity index (χ1n) is 8.94. The van der Waals surface area contributed by atoms with Crippen LogP contribution in [0.2, 0.25) is 0 Å². The lowest BCUT2D eigenvalue weighted by Crippen LogP contribution is -2.36. The van der Waals surface area contributed by atoms with Gasteiger partial charge in [-0.1, -0.05) is 30.0 Å². The molecule has 0 saturated carbocycles. The lowest BCUT2D eigenvalue weighted by Gasteiger charge is -2.06. The number of carbonyl (C=O) groups is 1. The summed E-state index contributed by atoms with van der Waals surface area (Å²) in [5.74, 6) is 5.26. The Bertz CT molecular complexity index is 1020. The molecule has 8 heteroatoms. The molecule has 1 aromatic heterocycles. The van der Waals surface area contributed by atoms with Gasteiger partial charge in [0.1, 0.15) is 0 Å². The molecule has 3 aromatic rings. The number of carbonyl (C=O) groups excluding carboxylic acids is 1. The van der Waals surface area contributed by atoms with Crippen LogP contribution in [0.15, 0.2) is 48.5 Å². The number of benzene rings is 2. The first kappa shape index (κ1) is 20.7. The third-order valence-corrected chi connectivity index (χ3v) is 5.05. The van der Waals surface area contributed by atoms with Gasteiger partial charge in [0.2, 0.25) is 0 Å². The van der Waals surface area contributed by atoms with E-state index in [2.05, 4.69) is 27.5 Å². The highest BCUT2D eigenvalue weighted by Crippen LogP contribution is 2.29. The van der Waals surface area contributed by atoms with Crippen LogP contribution in [-0.4, -0.2) is 24.1 Å². The second-order valence-corrected chi connectivity index (χ2v) is 7.28. The van der Waals surface area contributed by atoms with Crippen molar-refractivity contribution in [2.75, 3.05) is 13.1 Å². The monoisotopic (exact) mass is 417 g/mol. The van der Waals surface area contributed by atoms with Crippen molar-refractivity contribution < 1.29 is 18.0 Å². The van der Waals surface area contributed by atoms with Crippen LogP contribution in [-0.2, 0) is 12.6 Å². The van der Waals surface area contributed by atoms with Gasteiger partial charge in [-0.3, -0.25) is 0 Å². The topological polar surface area (TPSA) is 54.0 Å². The highest BCUT2D eigenvalue weighted by molar-refractivity contribution is 7.18. The van der Waals surface area contributed by atoms with Gasteiger partial charge in [0.25, 0.3) is 0 Å². The van der Waals surface area contributed by atoms with Gasteiger partial charge >= 0.3 is 12.2 Å². The average molecular weight is 417 g/mol. The van der Waals surface area contributed by atoms with Gasteiger partial charge < -0.3 is 10.6 Å². The molecule has 150 valence electrons. The summed E-state index contributed by atoms with van der Waals surface area (Å²) in [5.41, 5.74) is 0.485. The number of nitrogens with zero attached hydrogens (tertiary/aromatic N) is 1. The molecule has 0 atom stereocenters. The lowest BCUT2D eigenvalue weighted by atomic mass is 10.1. The zero-order valence-corrected chi connectivity index (χ0v) is 16.2. The predicted octanol–water partition coefficient (Wildman–Crippen LogP) is 4.60. The van der Waals surface area contributed by atoms with Crippen molar-refractivity contribution in [3.8, 4) is 11.8 Å². The van der Waals surface area contributed by atoms with E-state index in [1.807, 2.05) is 24.3 Å². The third-order valence-electron chi connectivity index (χ3n) is 3.95. The molecule has 1 heterocycles. The van der Waals surface area contributed by atoms with E-state index in [1.165, 1.54) is 12.1 Å². The Labute approximate surface area is 170 Å². The minimum absolute atomic E-state index is 0.0416. The van der Waals surface area contributed by atoms with Gasteiger partial charge in [-0.15, -0.1) is 11.3 Å². The minimum atomic E-state index is -4.40. The first-order valence-corrected chi connectivity index (χ1v) is 9.76. The van der Waals surface area contributed by atoms with Crippen LogP contribution in [0, 0.1) is 11.8 Å². The number of aryl methyl sites for hydroxylation is 1. The minimum Gasteiger partial charge on any atom is -0.338 e. The van der Waals surface area contributed by atoms with E-state index in [-0.39, 0.29) is 18.1 Å². The van der Waals surface area contributed by atoms with E-state index in [9.17, 15) is 18.0 Å². The molecule has 3 rings (SSSR count). The Morgan fingerprint density at radius 2 is 1.93 bits per heavy atom. The smallest absolute Gasteiger partial charge is 0.338 e. The van der Waals surface area contributed by atoms with E-state index >= 15 is 0 Å². The van der Waals surface area contributed by atoms with E-state index < -0.39 is 11.7 Å². The Morgan fingerprint density at radius 1 is 1.10 bits per heavy atom. The molecule has 0 spiro atoms. The van der Waals surface area contributed by atoms with Crippen LogP contribution in [0.3, 0.4) is 0 Å². The fourth-order valence-electron chi connectivity index (χ4n) is 2.57. The first-order chi connectivity index (χ1) is 13.9. The third kappa shape index (κ3) is 6.22. The molecule has 0 fully saturated rings. The number of para-hydroxylation sites is 1. The molecule has 2 amide bonds. The molecular formula is C21H18F3N3OS. The fourth-order valence-corrected chi connectivity index (χ4v) is 3.58. The average Bonchev–Trinajstić information content (AvgIpc) is 3.11. The molecule has 0 bridgehead atoms. The second-order valence-electron chi connectivity index (χ2n) is 6.17. The molecule has 2 N–H and O–H groups in total. The summed E-state index contributed by atoms with van der Waals surface area (Å²) >= 11 is 1.65. The summed E-state index contributed by atoms with van der Waals surface area (Å²) in [7, 11) is 0. The summed E-state index contributed by atoms with van der Waals surface area (Å²) in [6.45, 7) is 0.531. The maximum absolute atomic E-state index is 12.7. The molecule has 2 aromatic carbocycles. The zero-order chi connectivity index (χ0) is 20.7. The van der Waals surface area contributed by atoms with Crippen LogP contribution >= 0.6 is 11.3 Å². The number of urea groups is 1. The summed E-state index contributed by atoms with van der Waals surface area (Å²) in [6.07, 6.45) is -2.88. The molecule has 29 heavy (non-hydrogen) atoms. The number of hydrogen-bond donors (Lipinski definition) is 2. The molecular weight excluding hydrogens is 399 g/mol. The highest BCUT2D eigenvalue weighted by Gasteiger charge is 2.30. The van der Waals surface area contributed by atoms with E-state index in [4.69, 9.17) is 0 Å². The number of hydrogen-bond acceptors (Lipinski definition) is 3. The van der Waals surface area contributed by atoms with Crippen molar-refractivity contribution in [3.63, 3.8) is 0 Å². The predicted molar refractivity (Wildman–Crippen MR) is 108 cm³/mol. The molecule has 0 aliphatic heterocycles. The summed E-state index contributed by atoms with van der Waals surface area (Å²) in [4.78, 5) is 16.3. The Hall–Kier alpha value is -3.05. The number of nitrogens with one attached hydrogen (secondary N) is 2. The highest BCUT2D eigenvalue weighted by atomic mass is 32.1. The number of alkyl halides is 3. The van der Waals surface area contributed by atoms with E-state index in [0.29, 0.717) is 6.54 Å². The Balaban J connectivity index is 1.37. The maximum atomic E-state index is 12.7. The normalized spacial score (nSPS) is 11.0. The van der Waals surface area contributed by atoms with Crippen LogP contribution < -0.4 is 10.6 Å². The van der Waals surface area contributed by atoms with Gasteiger partial charge in [0.15, 0.2) is 0 Å². The van der Waals surface area contributed by atoms with E-state index in [1.54, 1.807) is 11.3 Å². The SMILES string of the molecule is O=C(NCC#Cc1cccc(C(F)(F)F)c1)NCCCc1nc2ccccc2s1. The maximum Gasteiger partial charge on any atom is 0.416 e. The Kier molecular flexibility index (Phi) is 6.73. The van der Waals surface area contributed by atoms with Crippen molar-refractivity contribution in [2.24, 2.45) is 0 Å². The number of thiazole rings is 1. The molecule has 0 unspecified atom stereocenters. The number of fused-ring (bicyclic) bond motifs is 1. The molecule has 0 radical (unpaired) electrons. The van der Waals surface area contributed by atoms with Crippen LogP contribution in [0.4, 0.5) is 18.0 Å². The number of amides is 2. The van der Waals surface area contributed by atoms with Gasteiger partial charge in [-0.25, -0.2) is 9.78 Å². The van der Waals surface area contributed by atoms with Crippen molar-refractivity contribution in [1.82, 2.24) is 15.6 Å². The van der Waals surface area contributed by atoms with Gasteiger partial charge in [-0.05, 0) is 36.8 Å². The molecule has 0 saturated heterocycles. The Morgan fingerprint density at radius 3 is 2.72 bits per heavy atom. The van der Waals surface area contributed by atoms with Crippen LogP contribution in [0.25, 0.3) is 10.2 Å². The van der Waals surface area contributed by atoms with Gasteiger partial charge in [-0.2, -0.15) is 13.2 Å². The van der Waals surface area contributed by atoms with Crippen LogP contribution in [0.5, 0.6) is 0 Å². The number of halogens is 3. The lowest BCUT2D eigenvalue weighted by molar-refractivity contribution is -0.137. The fraction of sp³-hybridized carbons (Fsp3) is 0.238. The largest absolute Gasteiger partial charge is 0.416 e. The van der Waals surface area contributed by atoms with Crippen molar-refractivity contribution >= 4 is 27.6 Å². The zero-order valence-electron chi connectivity index (χ0n) is 15.3. The molecule has 0 aliphatic rings. The van der Waals surface area contributed by atoms with Gasteiger partial charge in [0, 0.05) is 18.5 Å². The van der Waals surface area contributed by atoms with E-state index in [0.717, 1.165) is 40.2 Å². The quantitative estimate of drug-likeness (QED) is 0.471. The van der Waals surface area contributed by atoms with Crippen molar-refractivity contribution in [3.05, 3.63) is 64.7 Å². The summed E-state index contributed by atoms with van der Waals surface area (Å²) in [6, 6.07) is 12.3. The molecule has 0 aliphatic carbocycles. The second kappa shape index (κ2) is 9.43.